The lowest BCUT2D eigenvalue weighted by molar-refractivity contribution is -0.385. The number of halogens is 2. The van der Waals surface area contributed by atoms with Crippen LogP contribution in [-0.4, -0.2) is 4.92 Å². The Balaban J connectivity index is 2.38. The summed E-state index contributed by atoms with van der Waals surface area (Å²) in [4.78, 5) is 9.99. The molecule has 0 bridgehead atoms. The van der Waals surface area contributed by atoms with Crippen molar-refractivity contribution in [2.45, 2.75) is 6.92 Å². The highest BCUT2D eigenvalue weighted by Gasteiger charge is 2.12. The molecule has 0 spiro atoms. The van der Waals surface area contributed by atoms with Gasteiger partial charge in [-0.05, 0) is 24.6 Å². The van der Waals surface area contributed by atoms with Gasteiger partial charge >= 0.3 is 0 Å². The van der Waals surface area contributed by atoms with Crippen molar-refractivity contribution in [2.75, 3.05) is 0 Å². The molecule has 4 nitrogen and oxygen atoms in total. The van der Waals surface area contributed by atoms with E-state index in [-0.39, 0.29) is 11.4 Å². The Morgan fingerprint density at radius 3 is 2.68 bits per heavy atom. The number of hydrogen-bond donors (Lipinski definition) is 0. The van der Waals surface area contributed by atoms with Gasteiger partial charge in [0.15, 0.2) is 0 Å². The van der Waals surface area contributed by atoms with Gasteiger partial charge in [0.25, 0.3) is 5.69 Å². The van der Waals surface area contributed by atoms with Crippen molar-refractivity contribution in [3.05, 3.63) is 62.4 Å². The fourth-order valence-electron chi connectivity index (χ4n) is 1.52. The van der Waals surface area contributed by atoms with Crippen LogP contribution in [0.5, 0.6) is 11.5 Å². The lowest BCUT2D eigenvalue weighted by atomic mass is 10.2. The average Bonchev–Trinajstić information content (AvgIpc) is 2.33. The fourth-order valence-corrected chi connectivity index (χ4v) is 1.86. The molecule has 0 saturated carbocycles. The topological polar surface area (TPSA) is 52.4 Å². The average molecular weight is 326 g/mol. The van der Waals surface area contributed by atoms with E-state index in [1.54, 1.807) is 6.07 Å². The predicted molar refractivity (Wildman–Crippen MR) is 72.0 cm³/mol. The van der Waals surface area contributed by atoms with Crippen LogP contribution >= 0.6 is 15.9 Å². The molecule has 0 atom stereocenters. The van der Waals surface area contributed by atoms with E-state index in [4.69, 9.17) is 4.74 Å². The summed E-state index contributed by atoms with van der Waals surface area (Å²) in [6.07, 6.45) is 0. The van der Waals surface area contributed by atoms with Crippen molar-refractivity contribution in [3.63, 3.8) is 0 Å². The molecule has 0 aromatic heterocycles. The van der Waals surface area contributed by atoms with Gasteiger partial charge in [0.1, 0.15) is 17.3 Å². The quantitative estimate of drug-likeness (QED) is 0.612. The number of ether oxygens (including phenoxy) is 1. The van der Waals surface area contributed by atoms with Crippen LogP contribution in [0, 0.1) is 22.9 Å². The van der Waals surface area contributed by atoms with E-state index in [2.05, 4.69) is 15.9 Å². The summed E-state index contributed by atoms with van der Waals surface area (Å²) >= 11 is 3.30. The van der Waals surface area contributed by atoms with Gasteiger partial charge in [-0.3, -0.25) is 10.1 Å². The molecule has 0 heterocycles. The molecule has 0 radical (unpaired) electrons. The van der Waals surface area contributed by atoms with E-state index >= 15 is 0 Å². The smallest absolute Gasteiger partial charge is 0.276 e. The van der Waals surface area contributed by atoms with Crippen LogP contribution in [0.1, 0.15) is 5.56 Å². The second-order valence-electron chi connectivity index (χ2n) is 3.91. The van der Waals surface area contributed by atoms with Crippen LogP contribution in [0.15, 0.2) is 40.9 Å². The Morgan fingerprint density at radius 1 is 1.26 bits per heavy atom. The Labute approximate surface area is 117 Å². The van der Waals surface area contributed by atoms with Gasteiger partial charge in [0.05, 0.1) is 17.1 Å². The molecule has 0 saturated heterocycles. The molecular weight excluding hydrogens is 317 g/mol. The molecule has 0 aliphatic rings. The zero-order chi connectivity index (χ0) is 14.0. The van der Waals surface area contributed by atoms with Crippen LogP contribution < -0.4 is 4.74 Å². The molecule has 19 heavy (non-hydrogen) atoms. The molecule has 0 N–H and O–H groups in total. The molecule has 0 aliphatic carbocycles. The summed E-state index contributed by atoms with van der Waals surface area (Å²) in [6, 6.07) is 8.52. The number of aryl methyl sites for hydroxylation is 1. The fraction of sp³-hybridized carbons (Fsp3) is 0.0769. The first kappa shape index (κ1) is 13.5. The Bertz CT molecular complexity index is 646. The Morgan fingerprint density at radius 2 is 2.00 bits per heavy atom. The third-order valence-electron chi connectivity index (χ3n) is 2.44. The molecule has 0 aliphatic heterocycles. The number of hydrogen-bond acceptors (Lipinski definition) is 3. The normalized spacial score (nSPS) is 10.3. The first-order chi connectivity index (χ1) is 8.95. The highest BCUT2D eigenvalue weighted by atomic mass is 79.9. The van der Waals surface area contributed by atoms with Gasteiger partial charge in [-0.15, -0.1) is 0 Å². The zero-order valence-electron chi connectivity index (χ0n) is 9.89. The minimum Gasteiger partial charge on any atom is -0.457 e. The molecule has 98 valence electrons. The predicted octanol–water partition coefficient (Wildman–Crippen LogP) is 4.60. The van der Waals surface area contributed by atoms with E-state index in [0.29, 0.717) is 5.75 Å². The third-order valence-corrected chi connectivity index (χ3v) is 2.94. The van der Waals surface area contributed by atoms with E-state index in [1.807, 2.05) is 19.1 Å². The van der Waals surface area contributed by atoms with Crippen molar-refractivity contribution in [1.29, 1.82) is 0 Å². The van der Waals surface area contributed by atoms with Crippen LogP contribution in [-0.2, 0) is 0 Å². The van der Waals surface area contributed by atoms with Gasteiger partial charge in [-0.1, -0.05) is 22.0 Å². The maximum Gasteiger partial charge on any atom is 0.276 e. The van der Waals surface area contributed by atoms with Gasteiger partial charge in [-0.2, -0.15) is 0 Å². The van der Waals surface area contributed by atoms with Crippen LogP contribution in [0.3, 0.4) is 0 Å². The highest BCUT2D eigenvalue weighted by molar-refractivity contribution is 9.10. The van der Waals surface area contributed by atoms with E-state index in [0.717, 1.165) is 22.2 Å². The zero-order valence-corrected chi connectivity index (χ0v) is 11.5. The number of nitrogens with zero attached hydrogens (tertiary/aromatic N) is 1. The molecule has 0 unspecified atom stereocenters. The lowest BCUT2D eigenvalue weighted by Crippen LogP contribution is -1.93. The SMILES string of the molecule is Cc1ccc(Br)cc1Oc1cc(F)cc([N+](=O)[O-])c1. The van der Waals surface area contributed by atoms with Crippen molar-refractivity contribution in [1.82, 2.24) is 0 Å². The minimum atomic E-state index is -0.711. The molecular formula is C13H9BrFNO3. The van der Waals surface area contributed by atoms with Crippen molar-refractivity contribution < 1.29 is 14.1 Å². The minimum absolute atomic E-state index is 0.0906. The van der Waals surface area contributed by atoms with Gasteiger partial charge in [-0.25, -0.2) is 4.39 Å². The second-order valence-corrected chi connectivity index (χ2v) is 4.83. The third kappa shape index (κ3) is 3.29. The van der Waals surface area contributed by atoms with Crippen molar-refractivity contribution in [3.8, 4) is 11.5 Å². The number of nitro groups is 1. The summed E-state index contributed by atoms with van der Waals surface area (Å²) in [5.41, 5.74) is 0.498. The van der Waals surface area contributed by atoms with Gasteiger partial charge in [0, 0.05) is 10.5 Å². The van der Waals surface area contributed by atoms with Crippen LogP contribution in [0.4, 0.5) is 10.1 Å². The largest absolute Gasteiger partial charge is 0.457 e. The van der Waals surface area contributed by atoms with Crippen molar-refractivity contribution in [2.24, 2.45) is 0 Å². The lowest BCUT2D eigenvalue weighted by Gasteiger charge is -2.09. The number of rotatable bonds is 3. The summed E-state index contributed by atoms with van der Waals surface area (Å²) in [6.45, 7) is 1.83. The Hall–Kier alpha value is -1.95. The first-order valence-corrected chi connectivity index (χ1v) is 6.14. The van der Waals surface area contributed by atoms with Crippen LogP contribution in [0.2, 0.25) is 0 Å². The number of nitro benzene ring substituents is 1. The van der Waals surface area contributed by atoms with Gasteiger partial charge in [0.2, 0.25) is 0 Å². The van der Waals surface area contributed by atoms with Gasteiger partial charge < -0.3 is 4.74 Å². The van der Waals surface area contributed by atoms with E-state index in [9.17, 15) is 14.5 Å². The molecule has 2 aromatic carbocycles. The number of benzene rings is 2. The van der Waals surface area contributed by atoms with Crippen molar-refractivity contribution >= 4 is 21.6 Å². The summed E-state index contributed by atoms with van der Waals surface area (Å²) in [7, 11) is 0. The first-order valence-electron chi connectivity index (χ1n) is 5.35. The molecule has 2 rings (SSSR count). The highest BCUT2D eigenvalue weighted by Crippen LogP contribution is 2.30. The Kier molecular flexibility index (Phi) is 3.80. The summed E-state index contributed by atoms with van der Waals surface area (Å²) in [5.74, 6) is -0.112. The maximum absolute atomic E-state index is 13.3. The number of non-ortho nitro benzene ring substituents is 1. The maximum atomic E-state index is 13.3. The van der Waals surface area contributed by atoms with E-state index < -0.39 is 10.7 Å². The summed E-state index contributed by atoms with van der Waals surface area (Å²) < 4.78 is 19.6. The molecule has 0 amide bonds. The van der Waals surface area contributed by atoms with Crippen LogP contribution in [0.25, 0.3) is 0 Å². The molecule has 6 heteroatoms. The molecule has 2 aromatic rings. The monoisotopic (exact) mass is 325 g/mol. The van der Waals surface area contributed by atoms with E-state index in [1.165, 1.54) is 6.07 Å². The standard InChI is InChI=1S/C13H9BrFNO3/c1-8-2-3-9(14)4-13(8)19-12-6-10(15)5-11(7-12)16(17)18/h2-7H,1H3. The summed E-state index contributed by atoms with van der Waals surface area (Å²) in [5, 5.41) is 10.7. The molecule has 0 fully saturated rings. The second kappa shape index (κ2) is 5.36.